The normalized spacial score (nSPS) is 11.4. The summed E-state index contributed by atoms with van der Waals surface area (Å²) >= 11 is 9.07. The monoisotopic (exact) mass is 469 g/mol. The molecule has 0 amide bonds. The first-order valence-corrected chi connectivity index (χ1v) is 10.4. The molecule has 0 saturated carbocycles. The SMILES string of the molecule is CC(=O)Oc1c(NS(=O)(=O)CCCBr)oc(-c2ccc(F)cc2Cl)c1O. The van der Waals surface area contributed by atoms with Crippen LogP contribution in [0.2, 0.25) is 5.02 Å². The van der Waals surface area contributed by atoms with Crippen LogP contribution in [0.3, 0.4) is 0 Å². The van der Waals surface area contributed by atoms with Crippen molar-refractivity contribution < 1.29 is 31.9 Å². The summed E-state index contributed by atoms with van der Waals surface area (Å²) in [7, 11) is -3.83. The van der Waals surface area contributed by atoms with E-state index in [0.29, 0.717) is 11.8 Å². The highest BCUT2D eigenvalue weighted by molar-refractivity contribution is 9.09. The highest BCUT2D eigenvalue weighted by Gasteiger charge is 2.28. The van der Waals surface area contributed by atoms with Crippen molar-refractivity contribution in [3.63, 3.8) is 0 Å². The number of benzene rings is 1. The van der Waals surface area contributed by atoms with Crippen LogP contribution < -0.4 is 9.46 Å². The molecule has 26 heavy (non-hydrogen) atoms. The van der Waals surface area contributed by atoms with Crippen molar-refractivity contribution >= 4 is 49.4 Å². The molecule has 0 fully saturated rings. The number of halogens is 3. The molecule has 1 aromatic heterocycles. The molecular weight excluding hydrogens is 457 g/mol. The van der Waals surface area contributed by atoms with Gasteiger partial charge in [0.15, 0.2) is 5.76 Å². The van der Waals surface area contributed by atoms with E-state index in [0.717, 1.165) is 19.1 Å². The van der Waals surface area contributed by atoms with Crippen molar-refractivity contribution in [2.24, 2.45) is 0 Å². The number of ether oxygens (including phenoxy) is 1. The van der Waals surface area contributed by atoms with Gasteiger partial charge in [-0.3, -0.25) is 4.79 Å². The van der Waals surface area contributed by atoms with E-state index >= 15 is 0 Å². The standard InChI is InChI=1S/C15H14BrClFNO6S/c1-8(20)24-14-12(21)13(10-4-3-9(18)7-11(10)17)25-15(14)19-26(22,23)6-2-5-16/h3-4,7,19,21H,2,5-6H2,1H3. The molecule has 1 heterocycles. The maximum Gasteiger partial charge on any atom is 0.308 e. The fourth-order valence-corrected chi connectivity index (χ4v) is 3.95. The lowest BCUT2D eigenvalue weighted by molar-refractivity contribution is -0.131. The summed E-state index contributed by atoms with van der Waals surface area (Å²) in [5.74, 6) is -3.56. The molecule has 0 spiro atoms. The summed E-state index contributed by atoms with van der Waals surface area (Å²) < 4.78 is 49.7. The first kappa shape index (κ1) is 20.5. The maximum atomic E-state index is 13.2. The van der Waals surface area contributed by atoms with Crippen LogP contribution in [0, 0.1) is 5.82 Å². The Morgan fingerprint density at radius 1 is 1.46 bits per heavy atom. The van der Waals surface area contributed by atoms with Gasteiger partial charge in [0.2, 0.25) is 21.5 Å². The number of furan rings is 1. The molecule has 0 aliphatic carbocycles. The summed E-state index contributed by atoms with van der Waals surface area (Å²) in [4.78, 5) is 11.3. The third-order valence-corrected chi connectivity index (χ3v) is 5.25. The van der Waals surface area contributed by atoms with Gasteiger partial charge in [-0.15, -0.1) is 0 Å². The molecule has 0 aliphatic rings. The molecule has 0 atom stereocenters. The molecule has 7 nitrogen and oxygen atoms in total. The van der Waals surface area contributed by atoms with E-state index in [1.807, 2.05) is 0 Å². The third-order valence-electron chi connectivity index (χ3n) is 3.06. The van der Waals surface area contributed by atoms with Gasteiger partial charge in [0.1, 0.15) is 5.82 Å². The van der Waals surface area contributed by atoms with Crippen molar-refractivity contribution in [1.29, 1.82) is 0 Å². The smallest absolute Gasteiger partial charge is 0.308 e. The zero-order chi connectivity index (χ0) is 19.5. The number of carbonyl (C=O) groups excluding carboxylic acids is 1. The van der Waals surface area contributed by atoms with E-state index in [1.165, 1.54) is 6.07 Å². The van der Waals surface area contributed by atoms with Crippen LogP contribution in [0.15, 0.2) is 22.6 Å². The molecule has 2 aromatic rings. The number of hydrogen-bond donors (Lipinski definition) is 2. The lowest BCUT2D eigenvalue weighted by Crippen LogP contribution is -2.17. The topological polar surface area (TPSA) is 106 Å². The van der Waals surface area contributed by atoms with Crippen LogP contribution >= 0.6 is 27.5 Å². The van der Waals surface area contributed by atoms with E-state index < -0.39 is 39.2 Å². The Morgan fingerprint density at radius 2 is 2.15 bits per heavy atom. The Kier molecular flexibility index (Phi) is 6.53. The van der Waals surface area contributed by atoms with E-state index in [1.54, 1.807) is 0 Å². The molecule has 0 saturated heterocycles. The minimum atomic E-state index is -3.83. The van der Waals surface area contributed by atoms with Crippen molar-refractivity contribution in [3.8, 4) is 22.8 Å². The number of aromatic hydroxyl groups is 1. The number of esters is 1. The zero-order valence-electron chi connectivity index (χ0n) is 13.4. The molecular formula is C15H14BrClFNO6S. The molecule has 2 N–H and O–H groups in total. The Labute approximate surface area is 162 Å². The predicted octanol–water partition coefficient (Wildman–Crippen LogP) is 3.90. The van der Waals surface area contributed by atoms with Gasteiger partial charge in [0.25, 0.3) is 5.88 Å². The number of sulfonamides is 1. The summed E-state index contributed by atoms with van der Waals surface area (Å²) in [6.45, 7) is 1.07. The van der Waals surface area contributed by atoms with Gasteiger partial charge < -0.3 is 14.3 Å². The van der Waals surface area contributed by atoms with Gasteiger partial charge in [-0.2, -0.15) is 0 Å². The molecule has 0 unspecified atom stereocenters. The minimum absolute atomic E-state index is 0.0860. The van der Waals surface area contributed by atoms with Gasteiger partial charge in [0, 0.05) is 17.8 Å². The van der Waals surface area contributed by atoms with E-state index in [-0.39, 0.29) is 22.1 Å². The summed E-state index contributed by atoms with van der Waals surface area (Å²) in [5.41, 5.74) is 0.0878. The molecule has 0 bridgehead atoms. The van der Waals surface area contributed by atoms with E-state index in [9.17, 15) is 22.7 Å². The molecule has 0 radical (unpaired) electrons. The van der Waals surface area contributed by atoms with Crippen LogP contribution in [0.25, 0.3) is 11.3 Å². The maximum absolute atomic E-state index is 13.2. The number of rotatable bonds is 7. The Balaban J connectivity index is 2.52. The Hall–Kier alpha value is -1.78. The average molecular weight is 471 g/mol. The largest absolute Gasteiger partial charge is 0.502 e. The first-order chi connectivity index (χ1) is 12.1. The summed E-state index contributed by atoms with van der Waals surface area (Å²) in [6.07, 6.45) is 0.321. The summed E-state index contributed by atoms with van der Waals surface area (Å²) in [5, 5.41) is 10.7. The highest BCUT2D eigenvalue weighted by atomic mass is 79.9. The van der Waals surface area contributed by atoms with E-state index in [4.69, 9.17) is 20.8 Å². The van der Waals surface area contributed by atoms with E-state index in [2.05, 4.69) is 20.7 Å². The predicted molar refractivity (Wildman–Crippen MR) is 97.9 cm³/mol. The number of hydrogen-bond acceptors (Lipinski definition) is 6. The zero-order valence-corrected chi connectivity index (χ0v) is 16.5. The fourth-order valence-electron chi connectivity index (χ4n) is 2.01. The van der Waals surface area contributed by atoms with Crippen molar-refractivity contribution in [2.75, 3.05) is 15.8 Å². The highest BCUT2D eigenvalue weighted by Crippen LogP contribution is 2.48. The second kappa shape index (κ2) is 8.28. The Morgan fingerprint density at radius 3 is 2.73 bits per heavy atom. The van der Waals surface area contributed by atoms with Gasteiger partial charge in [-0.1, -0.05) is 27.5 Å². The molecule has 0 aliphatic heterocycles. The van der Waals surface area contributed by atoms with Crippen molar-refractivity contribution in [2.45, 2.75) is 13.3 Å². The van der Waals surface area contributed by atoms with Crippen molar-refractivity contribution in [1.82, 2.24) is 0 Å². The average Bonchev–Trinajstić information content (AvgIpc) is 2.81. The lowest BCUT2D eigenvalue weighted by Gasteiger charge is -2.06. The Bertz CT molecular complexity index is 930. The number of anilines is 1. The number of nitrogens with one attached hydrogen (secondary N) is 1. The third kappa shape index (κ3) is 4.89. The number of carbonyl (C=O) groups is 1. The van der Waals surface area contributed by atoms with Gasteiger partial charge >= 0.3 is 5.97 Å². The molecule has 11 heteroatoms. The van der Waals surface area contributed by atoms with Crippen LogP contribution in [0.1, 0.15) is 13.3 Å². The van der Waals surface area contributed by atoms with Crippen LogP contribution in [0.5, 0.6) is 11.5 Å². The second-order valence-corrected chi connectivity index (χ2v) is 8.16. The van der Waals surface area contributed by atoms with Crippen molar-refractivity contribution in [3.05, 3.63) is 29.0 Å². The van der Waals surface area contributed by atoms with Crippen LogP contribution in [-0.2, 0) is 14.8 Å². The van der Waals surface area contributed by atoms with Gasteiger partial charge in [-0.05, 0) is 24.6 Å². The minimum Gasteiger partial charge on any atom is -0.502 e. The number of alkyl halides is 1. The molecule has 1 aromatic carbocycles. The first-order valence-electron chi connectivity index (χ1n) is 7.20. The quantitative estimate of drug-likeness (QED) is 0.470. The molecule has 142 valence electrons. The van der Waals surface area contributed by atoms with Gasteiger partial charge in [-0.25, -0.2) is 17.5 Å². The second-order valence-electron chi connectivity index (χ2n) is 5.12. The molecule has 2 rings (SSSR count). The lowest BCUT2D eigenvalue weighted by atomic mass is 10.1. The summed E-state index contributed by atoms with van der Waals surface area (Å²) in [6, 6.07) is 3.30. The van der Waals surface area contributed by atoms with Crippen LogP contribution in [-0.4, -0.2) is 30.6 Å². The van der Waals surface area contributed by atoms with Gasteiger partial charge in [0.05, 0.1) is 10.8 Å². The fraction of sp³-hybridized carbons (Fsp3) is 0.267. The van der Waals surface area contributed by atoms with Crippen LogP contribution in [0.4, 0.5) is 10.3 Å².